The SMILES string of the molecule is CC1=C(COc2ccc3c(c2)Oc2cc(OCC(=O)O)ccc2C32OC(=O)c3ccccc32)CSC2C(NC(=O)Cc3cccs3)C(=O)N12.CC1C(COc2ccc3c(c2)Oc2cc(OCC(=O)O)ccc2C32OC(=O)c3ccccc32)=CSC2C(NC(=O)Cc3cccs3)C(=O)N12. The lowest BCUT2D eigenvalue weighted by atomic mass is 9.77. The monoisotopic (exact) mass is 1390 g/mol. The van der Waals surface area contributed by atoms with Gasteiger partial charge in [0.15, 0.2) is 24.4 Å². The zero-order valence-electron chi connectivity index (χ0n) is 51.9. The summed E-state index contributed by atoms with van der Waals surface area (Å²) in [6.45, 7) is 3.19. The highest BCUT2D eigenvalue weighted by molar-refractivity contribution is 8.03. The Morgan fingerprint density at radius 2 is 1.00 bits per heavy atom. The molecule has 4 amide bonds. The molecule has 7 unspecified atom stereocenters. The van der Waals surface area contributed by atoms with Crippen molar-refractivity contribution < 1.29 is 86.5 Å². The second-order valence-corrected chi connectivity index (χ2v) is 28.0. The number of hydrogen-bond donors (Lipinski definition) is 4. The Kier molecular flexibility index (Phi) is 16.5. The molecule has 2 aromatic heterocycles. The molecule has 496 valence electrons. The molecule has 8 aliphatic rings. The molecule has 10 heterocycles. The van der Waals surface area contributed by atoms with Crippen molar-refractivity contribution >= 4 is 93.7 Å². The average Bonchev–Trinajstić information content (AvgIpc) is 1.49. The highest BCUT2D eigenvalue weighted by atomic mass is 32.2. The molecular formula is C72H56N4O18S4. The maximum absolute atomic E-state index is 13.2. The summed E-state index contributed by atoms with van der Waals surface area (Å²) in [4.78, 5) is 105. The average molecular weight is 1390 g/mol. The fraction of sp³-hybridized carbons (Fsp3) is 0.222. The number of aliphatic carboxylic acids is 2. The van der Waals surface area contributed by atoms with E-state index in [1.165, 1.54) is 34.4 Å². The number of nitrogens with zero attached hydrogens (tertiary/aromatic N) is 2. The number of benzene rings is 6. The molecule has 7 atom stereocenters. The number of nitrogens with one attached hydrogen (secondary N) is 2. The van der Waals surface area contributed by atoms with Crippen molar-refractivity contribution in [3.05, 3.63) is 233 Å². The normalized spacial score (nSPS) is 22.1. The zero-order chi connectivity index (χ0) is 67.7. The molecule has 8 aliphatic heterocycles. The molecule has 0 radical (unpaired) electrons. The van der Waals surface area contributed by atoms with Gasteiger partial charge >= 0.3 is 23.9 Å². The summed E-state index contributed by atoms with van der Waals surface area (Å²) in [5.41, 5.74) is 4.59. The second kappa shape index (κ2) is 25.5. The van der Waals surface area contributed by atoms with E-state index >= 15 is 0 Å². The Hall–Kier alpha value is -10.5. The predicted molar refractivity (Wildman–Crippen MR) is 358 cm³/mol. The smallest absolute Gasteiger partial charge is 0.341 e. The topological polar surface area (TPSA) is 281 Å². The van der Waals surface area contributed by atoms with Gasteiger partial charge in [0.1, 0.15) is 82.0 Å². The number of β-lactam (4-membered cyclic amide) rings is 2. The Morgan fingerprint density at radius 1 is 0.551 bits per heavy atom. The fourth-order valence-corrected chi connectivity index (χ4v) is 17.5. The van der Waals surface area contributed by atoms with Crippen molar-refractivity contribution in [2.45, 2.75) is 66.8 Å². The number of carbonyl (C=O) groups excluding carboxylic acids is 6. The van der Waals surface area contributed by atoms with E-state index in [0.717, 1.165) is 26.6 Å². The van der Waals surface area contributed by atoms with Gasteiger partial charge in [-0.3, -0.25) is 24.1 Å². The number of allylic oxidation sites excluding steroid dienone is 1. The van der Waals surface area contributed by atoms with Gasteiger partial charge < -0.3 is 63.6 Å². The van der Waals surface area contributed by atoms with Crippen LogP contribution in [0.5, 0.6) is 46.0 Å². The van der Waals surface area contributed by atoms with E-state index in [0.29, 0.717) is 84.8 Å². The van der Waals surface area contributed by atoms with E-state index < -0.39 is 60.4 Å². The van der Waals surface area contributed by atoms with Crippen LogP contribution in [-0.4, -0.2) is 129 Å². The third kappa shape index (κ3) is 11.2. The van der Waals surface area contributed by atoms with Gasteiger partial charge in [0.25, 0.3) is 5.91 Å². The van der Waals surface area contributed by atoms with Gasteiger partial charge in [0.05, 0.1) is 30.0 Å². The number of fused-ring (bicyclic) bond motifs is 14. The first-order valence-electron chi connectivity index (χ1n) is 30.9. The predicted octanol–water partition coefficient (Wildman–Crippen LogP) is 10.1. The van der Waals surface area contributed by atoms with Gasteiger partial charge in [0, 0.05) is 78.9 Å². The molecule has 0 bridgehead atoms. The van der Waals surface area contributed by atoms with Crippen LogP contribution in [0.25, 0.3) is 0 Å². The maximum atomic E-state index is 13.2. The first-order chi connectivity index (χ1) is 47.4. The Labute approximate surface area is 575 Å². The van der Waals surface area contributed by atoms with E-state index in [1.807, 2.05) is 90.7 Å². The number of amides is 4. The number of thiophene rings is 2. The van der Waals surface area contributed by atoms with Crippen LogP contribution in [0.4, 0.5) is 0 Å². The number of ether oxygens (including phenoxy) is 8. The van der Waals surface area contributed by atoms with Crippen LogP contribution in [0.1, 0.15) is 77.7 Å². The second-order valence-electron chi connectivity index (χ2n) is 23.9. The molecule has 2 spiro atoms. The van der Waals surface area contributed by atoms with E-state index in [1.54, 1.807) is 106 Å². The maximum Gasteiger partial charge on any atom is 0.341 e. The van der Waals surface area contributed by atoms with Crippen LogP contribution in [-0.2, 0) is 62.3 Å². The Balaban J connectivity index is 0.000000160. The summed E-state index contributed by atoms with van der Waals surface area (Å²) >= 11 is 6.08. The summed E-state index contributed by atoms with van der Waals surface area (Å²) in [5.74, 6) is -0.142. The van der Waals surface area contributed by atoms with E-state index in [2.05, 4.69) is 10.6 Å². The van der Waals surface area contributed by atoms with Gasteiger partial charge in [0.2, 0.25) is 17.7 Å². The summed E-state index contributed by atoms with van der Waals surface area (Å²) in [6.07, 6.45) is 0.494. The van der Waals surface area contributed by atoms with Gasteiger partial charge in [-0.25, -0.2) is 19.2 Å². The van der Waals surface area contributed by atoms with Gasteiger partial charge in [-0.05, 0) is 114 Å². The first-order valence-corrected chi connectivity index (χ1v) is 34.7. The van der Waals surface area contributed by atoms with Crippen LogP contribution in [0.2, 0.25) is 0 Å². The van der Waals surface area contributed by atoms with Gasteiger partial charge in [-0.1, -0.05) is 48.5 Å². The molecule has 16 rings (SSSR count). The molecular weight excluding hydrogens is 1340 g/mol. The zero-order valence-corrected chi connectivity index (χ0v) is 55.1. The fourth-order valence-electron chi connectivity index (χ4n) is 13.3. The van der Waals surface area contributed by atoms with Crippen LogP contribution >= 0.6 is 46.2 Å². The van der Waals surface area contributed by atoms with E-state index in [4.69, 9.17) is 48.1 Å². The standard InChI is InChI=1S/2C36H28N2O9S2/c2*1-19-20(18-49-34-32(33(42)38(19)34)37-30(39)15-23-5-4-12-48-23)16-44-21-8-10-26-28(13-21)46-29-14-22(45-17-31(40)41)9-11-27(29)36(26)25-7-3-2-6-24(25)35(43)47-36/h2-14,32,34H,15-18H2,1H3,(H,37,39)(H,40,41);2-14,18-19,32,34H,15-17H2,1H3,(H,37,39)(H,40,41). The van der Waals surface area contributed by atoms with Crippen molar-refractivity contribution in [1.82, 2.24) is 20.4 Å². The highest BCUT2D eigenvalue weighted by Gasteiger charge is 2.57. The van der Waals surface area contributed by atoms with Crippen LogP contribution in [0, 0.1) is 0 Å². The molecule has 26 heteroatoms. The molecule has 2 fully saturated rings. The number of esters is 2. The van der Waals surface area contributed by atoms with E-state index in [9.17, 15) is 38.4 Å². The minimum atomic E-state index is -1.31. The molecule has 4 N–H and O–H groups in total. The minimum absolute atomic E-state index is 0.126. The summed E-state index contributed by atoms with van der Waals surface area (Å²) in [5, 5.41) is 29.5. The number of carbonyl (C=O) groups is 8. The lowest BCUT2D eigenvalue weighted by Crippen LogP contribution is -2.72. The molecule has 2 saturated heterocycles. The number of carboxylic acid groups (broad SMARTS) is 2. The molecule has 6 aromatic carbocycles. The van der Waals surface area contributed by atoms with Crippen molar-refractivity contribution in [1.29, 1.82) is 0 Å². The Bertz CT molecular complexity index is 4680. The lowest BCUT2D eigenvalue weighted by Gasteiger charge is -2.52. The van der Waals surface area contributed by atoms with Crippen LogP contribution in [0.15, 0.2) is 179 Å². The summed E-state index contributed by atoms with van der Waals surface area (Å²) in [6, 6.07) is 41.1. The summed E-state index contributed by atoms with van der Waals surface area (Å²) < 4.78 is 48.3. The molecule has 98 heavy (non-hydrogen) atoms. The Morgan fingerprint density at radius 3 is 1.46 bits per heavy atom. The van der Waals surface area contributed by atoms with Crippen LogP contribution < -0.4 is 39.1 Å². The van der Waals surface area contributed by atoms with E-state index in [-0.39, 0.29) is 78.0 Å². The van der Waals surface area contributed by atoms with Crippen molar-refractivity contribution in [3.63, 3.8) is 0 Å². The highest BCUT2D eigenvalue weighted by Crippen LogP contribution is 2.59. The number of rotatable bonds is 18. The van der Waals surface area contributed by atoms with Gasteiger partial charge in [-0.2, -0.15) is 0 Å². The van der Waals surface area contributed by atoms with Crippen molar-refractivity contribution in [2.75, 3.05) is 32.2 Å². The molecule has 22 nitrogen and oxygen atoms in total. The first kappa shape index (κ1) is 63.5. The number of carboxylic acids is 2. The molecule has 0 aliphatic carbocycles. The third-order valence-corrected chi connectivity index (χ3v) is 22.4. The lowest BCUT2D eigenvalue weighted by molar-refractivity contribution is -0.150. The number of thioether (sulfide) groups is 2. The third-order valence-electron chi connectivity index (χ3n) is 18.1. The molecule has 8 aromatic rings. The number of hydrogen-bond acceptors (Lipinski definition) is 20. The van der Waals surface area contributed by atoms with Crippen molar-refractivity contribution in [3.8, 4) is 46.0 Å². The van der Waals surface area contributed by atoms with Crippen LogP contribution in [0.3, 0.4) is 0 Å². The minimum Gasteiger partial charge on any atom is -0.489 e. The quantitative estimate of drug-likeness (QED) is 0.0459. The summed E-state index contributed by atoms with van der Waals surface area (Å²) in [7, 11) is 0. The van der Waals surface area contributed by atoms with Gasteiger partial charge in [-0.15, -0.1) is 46.2 Å². The largest absolute Gasteiger partial charge is 0.489 e. The molecule has 0 saturated carbocycles. The van der Waals surface area contributed by atoms with Crippen molar-refractivity contribution in [2.24, 2.45) is 0 Å².